The summed E-state index contributed by atoms with van der Waals surface area (Å²) in [4.78, 5) is 15.3. The van der Waals surface area contributed by atoms with Gasteiger partial charge in [-0.05, 0) is 91.8 Å². The highest BCUT2D eigenvalue weighted by molar-refractivity contribution is 7.79. The van der Waals surface area contributed by atoms with Crippen molar-refractivity contribution in [2.75, 3.05) is 13.3 Å². The van der Waals surface area contributed by atoms with Crippen LogP contribution in [0.5, 0.6) is 0 Å². The topological polar surface area (TPSA) is 38.7 Å². The summed E-state index contributed by atoms with van der Waals surface area (Å²) in [6.45, 7) is 3.08. The van der Waals surface area contributed by atoms with Crippen molar-refractivity contribution in [2.24, 2.45) is 0 Å². The van der Waals surface area contributed by atoms with Crippen molar-refractivity contribution in [3.63, 3.8) is 0 Å². The van der Waals surface area contributed by atoms with Gasteiger partial charge in [0.15, 0.2) is 17.5 Å². The molecule has 0 saturated heterocycles. The molecule has 0 amide bonds. The van der Waals surface area contributed by atoms with Crippen LogP contribution in [0.2, 0.25) is 0 Å². The summed E-state index contributed by atoms with van der Waals surface area (Å²) in [5.41, 5.74) is 9.86. The molecule has 4 heteroatoms. The van der Waals surface area contributed by atoms with E-state index in [-0.39, 0.29) is 0 Å². The van der Waals surface area contributed by atoms with Crippen molar-refractivity contribution in [3.05, 3.63) is 182 Å². The summed E-state index contributed by atoms with van der Waals surface area (Å²) in [7, 11) is 0. The van der Waals surface area contributed by atoms with E-state index in [4.69, 9.17) is 15.0 Å². The highest BCUT2D eigenvalue weighted by atomic mass is 31.2. The number of nitrogens with zero attached hydrogens (tertiary/aromatic N) is 3. The number of benzene rings is 8. The number of hydrogen-bond donors (Lipinski definition) is 0. The van der Waals surface area contributed by atoms with E-state index in [0.717, 1.165) is 33.4 Å². The molecule has 0 fully saturated rings. The molecular formula is C50H38N3P. The number of rotatable bonds is 7. The van der Waals surface area contributed by atoms with Crippen LogP contribution in [0.15, 0.2) is 182 Å². The average molecular weight is 712 g/mol. The molecule has 0 unspecified atom stereocenters. The predicted octanol–water partition coefficient (Wildman–Crippen LogP) is 12.5. The normalized spacial score (nSPS) is 11.6. The van der Waals surface area contributed by atoms with Gasteiger partial charge in [0.1, 0.15) is 0 Å². The van der Waals surface area contributed by atoms with Crippen LogP contribution in [0.3, 0.4) is 0 Å². The van der Waals surface area contributed by atoms with Crippen LogP contribution in [0.25, 0.3) is 89.1 Å². The number of aromatic nitrogens is 3. The minimum absolute atomic E-state index is 0.631. The summed E-state index contributed by atoms with van der Waals surface area (Å²) in [5.74, 6) is 1.90. The van der Waals surface area contributed by atoms with Gasteiger partial charge >= 0.3 is 0 Å². The Morgan fingerprint density at radius 1 is 0.333 bits per heavy atom. The fourth-order valence-corrected chi connectivity index (χ4v) is 8.40. The van der Waals surface area contributed by atoms with Crippen LogP contribution in [0.4, 0.5) is 0 Å². The largest absolute Gasteiger partial charge is 0.208 e. The lowest BCUT2D eigenvalue weighted by molar-refractivity contribution is 1.07. The van der Waals surface area contributed by atoms with Crippen molar-refractivity contribution in [2.45, 2.75) is 0 Å². The fourth-order valence-electron chi connectivity index (χ4n) is 7.42. The molecule has 0 aliphatic rings. The van der Waals surface area contributed by atoms with Gasteiger partial charge in [-0.3, -0.25) is 0 Å². The predicted molar refractivity (Wildman–Crippen MR) is 233 cm³/mol. The van der Waals surface area contributed by atoms with Gasteiger partial charge in [0.2, 0.25) is 0 Å². The Bertz CT molecular complexity index is 2820. The molecular weight excluding hydrogens is 674 g/mol. The Balaban J connectivity index is 1.22. The van der Waals surface area contributed by atoms with Crippen LogP contribution in [-0.4, -0.2) is 34.6 Å². The lowest BCUT2D eigenvalue weighted by Crippen LogP contribution is -2.03. The fraction of sp³-hybridized carbons (Fsp3) is 0.0400. The molecule has 0 radical (unpaired) electrons. The first kappa shape index (κ1) is 33.4. The van der Waals surface area contributed by atoms with E-state index in [1.165, 1.54) is 43.5 Å². The maximum Gasteiger partial charge on any atom is 0.164 e. The molecule has 0 N–H and O–H groups in total. The Hall–Kier alpha value is -6.41. The van der Waals surface area contributed by atoms with Crippen molar-refractivity contribution >= 4 is 40.0 Å². The first-order chi connectivity index (χ1) is 26.4. The molecule has 0 bridgehead atoms. The van der Waals surface area contributed by atoms with Crippen molar-refractivity contribution in [3.8, 4) is 67.5 Å². The summed E-state index contributed by atoms with van der Waals surface area (Å²) in [5, 5.41) is 6.16. The van der Waals surface area contributed by atoms with Crippen LogP contribution in [0, 0.1) is 0 Å². The van der Waals surface area contributed by atoms with Gasteiger partial charge in [-0.1, -0.05) is 177 Å². The molecule has 8 aromatic carbocycles. The van der Waals surface area contributed by atoms with Crippen LogP contribution < -0.4 is 5.30 Å². The van der Waals surface area contributed by atoms with E-state index in [2.05, 4.69) is 183 Å². The maximum atomic E-state index is 5.18. The summed E-state index contributed by atoms with van der Waals surface area (Å²) < 4.78 is 0. The molecule has 54 heavy (non-hydrogen) atoms. The van der Waals surface area contributed by atoms with E-state index in [1.54, 1.807) is 0 Å². The Morgan fingerprint density at radius 2 is 0.685 bits per heavy atom. The van der Waals surface area contributed by atoms with Crippen molar-refractivity contribution in [1.82, 2.24) is 15.0 Å². The quantitative estimate of drug-likeness (QED) is 0.122. The monoisotopic (exact) mass is 711 g/mol. The highest BCUT2D eigenvalue weighted by Gasteiger charge is 2.18. The first-order valence-corrected chi connectivity index (χ1v) is 21.1. The van der Waals surface area contributed by atoms with E-state index < -0.39 is 6.89 Å². The van der Waals surface area contributed by atoms with E-state index in [9.17, 15) is 0 Å². The zero-order chi connectivity index (χ0) is 36.6. The third kappa shape index (κ3) is 6.34. The van der Waals surface area contributed by atoms with Crippen LogP contribution in [0.1, 0.15) is 0 Å². The Morgan fingerprint density at radius 3 is 1.20 bits per heavy atom. The molecule has 3 nitrogen and oxygen atoms in total. The van der Waals surface area contributed by atoms with Crippen LogP contribution >= 0.6 is 6.89 Å². The summed E-state index contributed by atoms with van der Waals surface area (Å²) in [6.07, 6.45) is 4.47. The first-order valence-electron chi connectivity index (χ1n) is 18.2. The van der Waals surface area contributed by atoms with Gasteiger partial charge in [0.25, 0.3) is 0 Å². The minimum Gasteiger partial charge on any atom is -0.208 e. The second-order valence-electron chi connectivity index (χ2n) is 14.3. The standard InChI is InChI=1S/C50H38N3P/c1-54(2,3)41-26-16-22-37(33-41)36-21-14-24-39(31-36)49-51-48(35-19-8-5-9-20-35)52-50(53-49)40-25-15-23-38(32-40)47-44-29-12-10-27-42(44)46(34-17-6-4-7-18-34)43-28-11-13-30-45(43)47/h4-33H,1H2,2-3H3. The van der Waals surface area contributed by atoms with Gasteiger partial charge in [-0.25, -0.2) is 15.0 Å². The van der Waals surface area contributed by atoms with Gasteiger partial charge < -0.3 is 0 Å². The van der Waals surface area contributed by atoms with Crippen molar-refractivity contribution in [1.29, 1.82) is 0 Å². The van der Waals surface area contributed by atoms with E-state index in [0.29, 0.717) is 17.5 Å². The van der Waals surface area contributed by atoms with Crippen molar-refractivity contribution < 1.29 is 0 Å². The second kappa shape index (κ2) is 13.9. The van der Waals surface area contributed by atoms with Gasteiger partial charge in [-0.2, -0.15) is 0 Å². The maximum absolute atomic E-state index is 5.18. The molecule has 1 heterocycles. The average Bonchev–Trinajstić information content (AvgIpc) is 3.23. The smallest absolute Gasteiger partial charge is 0.164 e. The van der Waals surface area contributed by atoms with Gasteiger partial charge in [0.05, 0.1) is 0 Å². The molecule has 0 saturated carbocycles. The molecule has 1 aromatic heterocycles. The lowest BCUT2D eigenvalue weighted by atomic mass is 9.86. The van der Waals surface area contributed by atoms with Gasteiger partial charge in [-0.15, -0.1) is 0 Å². The summed E-state index contributed by atoms with van der Waals surface area (Å²) in [6, 6.07) is 64.3. The minimum atomic E-state index is -1.42. The molecule has 0 aliphatic heterocycles. The lowest BCUT2D eigenvalue weighted by Gasteiger charge is -2.18. The molecule has 0 spiro atoms. The molecule has 258 valence electrons. The zero-order valence-corrected chi connectivity index (χ0v) is 31.2. The summed E-state index contributed by atoms with van der Waals surface area (Å²) >= 11 is 0. The Kier molecular flexibility index (Phi) is 8.58. The van der Waals surface area contributed by atoms with E-state index in [1.807, 2.05) is 18.2 Å². The number of fused-ring (bicyclic) bond motifs is 2. The molecule has 0 aliphatic carbocycles. The molecule has 0 atom stereocenters. The number of hydrogen-bond acceptors (Lipinski definition) is 3. The van der Waals surface area contributed by atoms with Gasteiger partial charge in [0, 0.05) is 16.7 Å². The third-order valence-electron chi connectivity index (χ3n) is 10.1. The zero-order valence-electron chi connectivity index (χ0n) is 30.3. The Labute approximate surface area is 316 Å². The SMILES string of the molecule is C=P(C)(C)c1cccc(-c2cccc(-c3nc(-c4ccccc4)nc(-c4cccc(-c5c6ccccc6c(-c6ccccc6)c6ccccc56)c4)n3)c2)c1. The highest BCUT2D eigenvalue weighted by Crippen LogP contribution is 2.44. The molecule has 9 rings (SSSR count). The third-order valence-corrected chi connectivity index (χ3v) is 11.7. The van der Waals surface area contributed by atoms with Crippen LogP contribution in [-0.2, 0) is 0 Å². The van der Waals surface area contributed by atoms with E-state index >= 15 is 0 Å². The molecule has 9 aromatic rings. The second-order valence-corrected chi connectivity index (χ2v) is 18.2.